The van der Waals surface area contributed by atoms with Gasteiger partial charge in [-0.15, -0.1) is 0 Å². The molecule has 27 heavy (non-hydrogen) atoms. The molecule has 1 aromatic rings. The number of carbonyl (C=O) groups excluding carboxylic acids is 2. The van der Waals surface area contributed by atoms with Gasteiger partial charge in [0.2, 0.25) is 0 Å². The minimum Gasteiger partial charge on any atom is -0.299 e. The van der Waals surface area contributed by atoms with Gasteiger partial charge in [0.05, 0.1) is 16.6 Å². The molecule has 2 saturated carbocycles. The third kappa shape index (κ3) is 4.87. The summed E-state index contributed by atoms with van der Waals surface area (Å²) in [6.45, 7) is 4.10. The molecule has 4 heteroatoms. The lowest BCUT2D eigenvalue weighted by molar-refractivity contribution is -0.119. The molecule has 2 atom stereocenters. The second-order valence-corrected chi connectivity index (χ2v) is 8.56. The van der Waals surface area contributed by atoms with E-state index in [0.717, 1.165) is 12.1 Å². The second-order valence-electron chi connectivity index (χ2n) is 8.15. The first-order valence-corrected chi connectivity index (χ1v) is 10.8. The molecule has 2 fully saturated rings. The molecular formula is C23H30ClNO2. The number of hydrogen-bond acceptors (Lipinski definition) is 3. The zero-order valence-corrected chi connectivity index (χ0v) is 17.2. The summed E-state index contributed by atoms with van der Waals surface area (Å²) in [5.41, 5.74) is 2.22. The summed E-state index contributed by atoms with van der Waals surface area (Å²) in [5, 5.41) is 0.491. The Morgan fingerprint density at radius 1 is 1.22 bits per heavy atom. The van der Waals surface area contributed by atoms with Crippen LogP contribution in [-0.2, 0) is 4.79 Å². The van der Waals surface area contributed by atoms with Crippen LogP contribution in [0.4, 0.5) is 5.69 Å². The fraction of sp³-hybridized carbons (Fsp3) is 0.609. The fourth-order valence-electron chi connectivity index (χ4n) is 4.55. The van der Waals surface area contributed by atoms with Crippen LogP contribution in [0.25, 0.3) is 0 Å². The van der Waals surface area contributed by atoms with Gasteiger partial charge in [0, 0.05) is 24.1 Å². The summed E-state index contributed by atoms with van der Waals surface area (Å²) < 4.78 is 0. The van der Waals surface area contributed by atoms with Gasteiger partial charge in [-0.05, 0) is 36.5 Å². The molecule has 2 aliphatic carbocycles. The fourth-order valence-corrected chi connectivity index (χ4v) is 4.78. The van der Waals surface area contributed by atoms with E-state index >= 15 is 0 Å². The lowest BCUT2D eigenvalue weighted by atomic mass is 9.76. The van der Waals surface area contributed by atoms with Gasteiger partial charge in [-0.3, -0.25) is 14.6 Å². The van der Waals surface area contributed by atoms with E-state index in [9.17, 15) is 9.59 Å². The number of nitrogens with zero attached hydrogens (tertiary/aromatic N) is 1. The molecule has 1 aromatic carbocycles. The van der Waals surface area contributed by atoms with Gasteiger partial charge >= 0.3 is 0 Å². The average Bonchev–Trinajstić information content (AvgIpc) is 3.00. The standard InChI is InChI=1S/C23H30ClNO2/c1-3-16(17-7-5-4-6-8-17)14-23(27)18-9-10-21(19(24)13-18)25-20-11-12-22(26)15(20)2/h9-10,13,15-17H,3-8,11-12,14H2,1-2H3. The average molecular weight is 388 g/mol. The SMILES string of the molecule is CCC(CC(=O)c1ccc(N=C2CCC(=O)C2C)c(Cl)c1)C1CCCCC1. The summed E-state index contributed by atoms with van der Waals surface area (Å²) in [4.78, 5) is 29.1. The Kier molecular flexibility index (Phi) is 6.86. The molecule has 0 spiro atoms. The zero-order chi connectivity index (χ0) is 19.4. The van der Waals surface area contributed by atoms with Crippen molar-refractivity contribution in [3.63, 3.8) is 0 Å². The van der Waals surface area contributed by atoms with Crippen LogP contribution in [0.1, 0.15) is 82.0 Å². The van der Waals surface area contributed by atoms with Crippen molar-refractivity contribution in [2.75, 3.05) is 0 Å². The number of rotatable bonds is 6. The van der Waals surface area contributed by atoms with Gasteiger partial charge in [-0.25, -0.2) is 0 Å². The summed E-state index contributed by atoms with van der Waals surface area (Å²) in [7, 11) is 0. The van der Waals surface area contributed by atoms with E-state index in [2.05, 4.69) is 11.9 Å². The topological polar surface area (TPSA) is 46.5 Å². The Hall–Kier alpha value is -1.48. The van der Waals surface area contributed by atoms with E-state index in [4.69, 9.17) is 11.6 Å². The van der Waals surface area contributed by atoms with Crippen molar-refractivity contribution < 1.29 is 9.59 Å². The van der Waals surface area contributed by atoms with Crippen molar-refractivity contribution in [1.29, 1.82) is 0 Å². The van der Waals surface area contributed by atoms with Crippen molar-refractivity contribution in [2.24, 2.45) is 22.7 Å². The molecule has 0 radical (unpaired) electrons. The van der Waals surface area contributed by atoms with E-state index in [1.807, 2.05) is 19.1 Å². The number of Topliss-reactive ketones (excluding diaryl/α,β-unsaturated/α-hetero) is 2. The zero-order valence-electron chi connectivity index (χ0n) is 16.5. The molecule has 0 aliphatic heterocycles. The molecule has 146 valence electrons. The summed E-state index contributed by atoms with van der Waals surface area (Å²) >= 11 is 6.41. The highest BCUT2D eigenvalue weighted by Crippen LogP contribution is 2.35. The molecule has 0 bridgehead atoms. The first kappa shape index (κ1) is 20.3. The molecule has 2 unspecified atom stereocenters. The maximum atomic E-state index is 12.8. The molecule has 2 aliphatic rings. The van der Waals surface area contributed by atoms with Gasteiger partial charge in [0.25, 0.3) is 0 Å². The van der Waals surface area contributed by atoms with Crippen LogP contribution in [0.15, 0.2) is 23.2 Å². The maximum Gasteiger partial charge on any atom is 0.163 e. The van der Waals surface area contributed by atoms with E-state index in [1.165, 1.54) is 32.1 Å². The molecule has 0 heterocycles. The van der Waals surface area contributed by atoms with Gasteiger partial charge in [-0.2, -0.15) is 0 Å². The third-order valence-corrected chi connectivity index (χ3v) is 6.74. The molecule has 0 saturated heterocycles. The highest BCUT2D eigenvalue weighted by atomic mass is 35.5. The Labute approximate surface area is 167 Å². The van der Waals surface area contributed by atoms with Crippen molar-refractivity contribution in [3.8, 4) is 0 Å². The second kappa shape index (κ2) is 9.14. The Balaban J connectivity index is 1.70. The largest absolute Gasteiger partial charge is 0.299 e. The summed E-state index contributed by atoms with van der Waals surface area (Å²) in [6.07, 6.45) is 9.40. The predicted molar refractivity (Wildman–Crippen MR) is 111 cm³/mol. The van der Waals surface area contributed by atoms with Crippen LogP contribution in [0.2, 0.25) is 5.02 Å². The van der Waals surface area contributed by atoms with Gasteiger partial charge in [-0.1, -0.05) is 64.0 Å². The number of hydrogen-bond donors (Lipinski definition) is 0. The van der Waals surface area contributed by atoms with Crippen molar-refractivity contribution in [1.82, 2.24) is 0 Å². The first-order chi connectivity index (χ1) is 13.0. The van der Waals surface area contributed by atoms with Crippen LogP contribution in [-0.4, -0.2) is 17.3 Å². The van der Waals surface area contributed by atoms with Gasteiger partial charge in [0.1, 0.15) is 5.78 Å². The van der Waals surface area contributed by atoms with Crippen LogP contribution in [0.5, 0.6) is 0 Å². The normalized spacial score (nSPS) is 23.7. The molecule has 3 nitrogen and oxygen atoms in total. The number of carbonyl (C=O) groups is 2. The predicted octanol–water partition coefficient (Wildman–Crippen LogP) is 6.59. The van der Waals surface area contributed by atoms with Crippen LogP contribution >= 0.6 is 11.6 Å². The maximum absolute atomic E-state index is 12.8. The minimum atomic E-state index is -0.122. The molecular weight excluding hydrogens is 358 g/mol. The highest BCUT2D eigenvalue weighted by molar-refractivity contribution is 6.33. The monoisotopic (exact) mass is 387 g/mol. The Morgan fingerprint density at radius 2 is 1.96 bits per heavy atom. The summed E-state index contributed by atoms with van der Waals surface area (Å²) in [5.74, 6) is 1.46. The van der Waals surface area contributed by atoms with E-state index < -0.39 is 0 Å². The smallest absolute Gasteiger partial charge is 0.163 e. The van der Waals surface area contributed by atoms with Crippen LogP contribution in [0.3, 0.4) is 0 Å². The molecule has 3 rings (SSSR count). The number of aliphatic imine (C=N–C) groups is 1. The third-order valence-electron chi connectivity index (χ3n) is 6.43. The number of benzene rings is 1. The lowest BCUT2D eigenvalue weighted by Gasteiger charge is -2.29. The number of halogens is 1. The van der Waals surface area contributed by atoms with Crippen molar-refractivity contribution in [2.45, 2.75) is 71.6 Å². The lowest BCUT2D eigenvalue weighted by Crippen LogP contribution is -2.20. The highest BCUT2D eigenvalue weighted by Gasteiger charge is 2.27. The Morgan fingerprint density at radius 3 is 2.56 bits per heavy atom. The van der Waals surface area contributed by atoms with Crippen LogP contribution in [0, 0.1) is 17.8 Å². The van der Waals surface area contributed by atoms with Gasteiger partial charge in [0.15, 0.2) is 5.78 Å². The minimum absolute atomic E-state index is 0.122. The molecule has 0 aromatic heterocycles. The summed E-state index contributed by atoms with van der Waals surface area (Å²) in [6, 6.07) is 5.40. The van der Waals surface area contributed by atoms with E-state index in [1.54, 1.807) is 6.07 Å². The van der Waals surface area contributed by atoms with Crippen molar-refractivity contribution in [3.05, 3.63) is 28.8 Å². The molecule has 0 amide bonds. The first-order valence-electron chi connectivity index (χ1n) is 10.4. The van der Waals surface area contributed by atoms with Gasteiger partial charge < -0.3 is 0 Å². The molecule has 0 N–H and O–H groups in total. The van der Waals surface area contributed by atoms with Crippen molar-refractivity contribution >= 4 is 34.6 Å². The van der Waals surface area contributed by atoms with Crippen LogP contribution < -0.4 is 0 Å². The quantitative estimate of drug-likeness (QED) is 0.516. The Bertz CT molecular complexity index is 734. The van der Waals surface area contributed by atoms with E-state index in [-0.39, 0.29) is 17.5 Å². The van der Waals surface area contributed by atoms with E-state index in [0.29, 0.717) is 47.4 Å². The number of ketones is 2.